The molecule has 1 fully saturated rings. The molecule has 16 heavy (non-hydrogen) atoms. The summed E-state index contributed by atoms with van der Waals surface area (Å²) in [6, 6.07) is 0.0925. The first-order valence-corrected chi connectivity index (χ1v) is 6.26. The normalized spacial score (nSPS) is 19.2. The second-order valence-electron chi connectivity index (χ2n) is 4.84. The average Bonchev–Trinajstić information content (AvgIpc) is 2.36. The monoisotopic (exact) mass is 227 g/mol. The number of carbonyl (C=O) groups excluding carboxylic acids is 1. The zero-order valence-corrected chi connectivity index (χ0v) is 10.8. The molecule has 0 saturated heterocycles. The van der Waals surface area contributed by atoms with E-state index >= 15 is 0 Å². The molecule has 2 amide bonds. The summed E-state index contributed by atoms with van der Waals surface area (Å²) in [4.78, 5) is 15.7. The van der Waals surface area contributed by atoms with Crippen LogP contribution >= 0.6 is 0 Å². The molecular weight excluding hydrogens is 202 g/mol. The SMILES string of the molecule is CCN(C)C(=O)N(C)C1(CN)CCCCC1. The lowest BCUT2D eigenvalue weighted by molar-refractivity contribution is 0.0856. The van der Waals surface area contributed by atoms with E-state index < -0.39 is 0 Å². The molecule has 0 unspecified atom stereocenters. The Morgan fingerprint density at radius 3 is 2.25 bits per heavy atom. The predicted molar refractivity (Wildman–Crippen MR) is 66.3 cm³/mol. The lowest BCUT2D eigenvalue weighted by atomic mass is 9.80. The highest BCUT2D eigenvalue weighted by atomic mass is 16.2. The second-order valence-corrected chi connectivity index (χ2v) is 4.84. The fourth-order valence-corrected chi connectivity index (χ4v) is 2.48. The van der Waals surface area contributed by atoms with Crippen LogP contribution in [0.2, 0.25) is 0 Å². The first-order chi connectivity index (χ1) is 7.57. The van der Waals surface area contributed by atoms with Crippen LogP contribution in [0, 0.1) is 0 Å². The molecule has 1 saturated carbocycles. The van der Waals surface area contributed by atoms with Gasteiger partial charge in [-0.1, -0.05) is 19.3 Å². The van der Waals surface area contributed by atoms with Crippen LogP contribution in [-0.2, 0) is 0 Å². The van der Waals surface area contributed by atoms with Gasteiger partial charge >= 0.3 is 6.03 Å². The zero-order valence-electron chi connectivity index (χ0n) is 10.8. The van der Waals surface area contributed by atoms with Gasteiger partial charge in [0.05, 0.1) is 5.54 Å². The lowest BCUT2D eigenvalue weighted by Crippen LogP contribution is -2.58. The van der Waals surface area contributed by atoms with Gasteiger partial charge < -0.3 is 15.5 Å². The standard InChI is InChI=1S/C12H25N3O/c1-4-14(2)11(16)15(3)12(10-13)8-6-5-7-9-12/h4-10,13H2,1-3H3. The Kier molecular flexibility index (Phi) is 4.59. The van der Waals surface area contributed by atoms with Crippen molar-refractivity contribution in [1.82, 2.24) is 9.80 Å². The fourth-order valence-electron chi connectivity index (χ4n) is 2.48. The van der Waals surface area contributed by atoms with Gasteiger partial charge in [0.1, 0.15) is 0 Å². The van der Waals surface area contributed by atoms with E-state index in [0.717, 1.165) is 19.4 Å². The van der Waals surface area contributed by atoms with Gasteiger partial charge in [-0.3, -0.25) is 0 Å². The fraction of sp³-hybridized carbons (Fsp3) is 0.917. The third kappa shape index (κ3) is 2.48. The molecule has 0 spiro atoms. The van der Waals surface area contributed by atoms with Gasteiger partial charge in [0, 0.05) is 27.2 Å². The van der Waals surface area contributed by atoms with Crippen molar-refractivity contribution in [2.45, 2.75) is 44.6 Å². The summed E-state index contributed by atoms with van der Waals surface area (Å²) in [6.45, 7) is 3.30. The molecule has 1 aliphatic carbocycles. The Morgan fingerprint density at radius 1 is 1.25 bits per heavy atom. The van der Waals surface area contributed by atoms with E-state index in [9.17, 15) is 4.79 Å². The number of nitrogens with two attached hydrogens (primary N) is 1. The molecular formula is C12H25N3O. The molecule has 1 aliphatic rings. The van der Waals surface area contributed by atoms with E-state index in [1.54, 1.807) is 4.90 Å². The lowest BCUT2D eigenvalue weighted by Gasteiger charge is -2.45. The largest absolute Gasteiger partial charge is 0.328 e. The van der Waals surface area contributed by atoms with Crippen molar-refractivity contribution in [3.8, 4) is 0 Å². The van der Waals surface area contributed by atoms with Gasteiger partial charge in [-0.05, 0) is 19.8 Å². The summed E-state index contributed by atoms with van der Waals surface area (Å²) in [5.74, 6) is 0. The minimum atomic E-state index is -0.0984. The molecule has 0 aromatic carbocycles. The molecule has 4 heteroatoms. The molecule has 1 rings (SSSR count). The zero-order chi connectivity index (χ0) is 12.2. The van der Waals surface area contributed by atoms with Crippen LogP contribution in [0.4, 0.5) is 4.79 Å². The van der Waals surface area contributed by atoms with Crippen molar-refractivity contribution < 1.29 is 4.79 Å². The van der Waals surface area contributed by atoms with E-state index in [1.807, 2.05) is 25.9 Å². The Balaban J connectivity index is 2.75. The van der Waals surface area contributed by atoms with Gasteiger partial charge in [-0.15, -0.1) is 0 Å². The highest BCUT2D eigenvalue weighted by Gasteiger charge is 2.37. The molecule has 0 aromatic heterocycles. The van der Waals surface area contributed by atoms with Crippen LogP contribution in [0.5, 0.6) is 0 Å². The van der Waals surface area contributed by atoms with Gasteiger partial charge in [0.2, 0.25) is 0 Å². The highest BCUT2D eigenvalue weighted by molar-refractivity contribution is 5.74. The summed E-state index contributed by atoms with van der Waals surface area (Å²) in [5, 5.41) is 0. The Bertz CT molecular complexity index is 236. The number of likely N-dealkylation sites (N-methyl/N-ethyl adjacent to an activating group) is 1. The molecule has 0 aromatic rings. The maximum absolute atomic E-state index is 12.1. The smallest absolute Gasteiger partial charge is 0.319 e. The molecule has 0 radical (unpaired) electrons. The van der Waals surface area contributed by atoms with Crippen LogP contribution < -0.4 is 5.73 Å². The van der Waals surface area contributed by atoms with Gasteiger partial charge in [0.25, 0.3) is 0 Å². The van der Waals surface area contributed by atoms with E-state index in [1.165, 1.54) is 19.3 Å². The van der Waals surface area contributed by atoms with Crippen LogP contribution in [0.15, 0.2) is 0 Å². The third-order valence-electron chi connectivity index (χ3n) is 3.96. The van der Waals surface area contributed by atoms with Gasteiger partial charge in [-0.2, -0.15) is 0 Å². The van der Waals surface area contributed by atoms with E-state index in [0.29, 0.717) is 6.54 Å². The highest BCUT2D eigenvalue weighted by Crippen LogP contribution is 2.32. The number of hydrogen-bond donors (Lipinski definition) is 1. The number of rotatable bonds is 3. The second kappa shape index (κ2) is 5.53. The first kappa shape index (κ1) is 13.3. The minimum absolute atomic E-state index is 0.0925. The van der Waals surface area contributed by atoms with E-state index in [-0.39, 0.29) is 11.6 Å². The summed E-state index contributed by atoms with van der Waals surface area (Å²) in [5.41, 5.74) is 5.81. The molecule has 4 nitrogen and oxygen atoms in total. The van der Waals surface area contributed by atoms with Crippen LogP contribution in [-0.4, -0.2) is 48.6 Å². The maximum atomic E-state index is 12.1. The minimum Gasteiger partial charge on any atom is -0.328 e. The van der Waals surface area contributed by atoms with Crippen molar-refractivity contribution in [1.29, 1.82) is 0 Å². The molecule has 0 atom stereocenters. The van der Waals surface area contributed by atoms with E-state index in [2.05, 4.69) is 0 Å². The molecule has 0 aliphatic heterocycles. The Morgan fingerprint density at radius 2 is 1.81 bits per heavy atom. The summed E-state index contributed by atoms with van der Waals surface area (Å²) in [6.07, 6.45) is 5.73. The number of hydrogen-bond acceptors (Lipinski definition) is 2. The van der Waals surface area contributed by atoms with Crippen molar-refractivity contribution in [3.63, 3.8) is 0 Å². The molecule has 2 N–H and O–H groups in total. The summed E-state index contributed by atoms with van der Waals surface area (Å²) < 4.78 is 0. The number of nitrogens with zero attached hydrogens (tertiary/aromatic N) is 2. The van der Waals surface area contributed by atoms with Gasteiger partial charge in [-0.25, -0.2) is 4.79 Å². The Hall–Kier alpha value is -0.770. The molecule has 94 valence electrons. The van der Waals surface area contributed by atoms with Crippen molar-refractivity contribution in [2.24, 2.45) is 5.73 Å². The van der Waals surface area contributed by atoms with E-state index in [4.69, 9.17) is 5.73 Å². The first-order valence-electron chi connectivity index (χ1n) is 6.26. The Labute approximate surface area is 98.8 Å². The topological polar surface area (TPSA) is 49.6 Å². The van der Waals surface area contributed by atoms with Crippen molar-refractivity contribution in [3.05, 3.63) is 0 Å². The van der Waals surface area contributed by atoms with Crippen molar-refractivity contribution in [2.75, 3.05) is 27.2 Å². The maximum Gasteiger partial charge on any atom is 0.319 e. The molecule has 0 bridgehead atoms. The quantitative estimate of drug-likeness (QED) is 0.797. The molecule has 0 heterocycles. The number of amides is 2. The van der Waals surface area contributed by atoms with Crippen molar-refractivity contribution >= 4 is 6.03 Å². The number of carbonyl (C=O) groups is 1. The van der Waals surface area contributed by atoms with Crippen LogP contribution in [0.3, 0.4) is 0 Å². The van der Waals surface area contributed by atoms with Gasteiger partial charge in [0.15, 0.2) is 0 Å². The average molecular weight is 227 g/mol. The number of urea groups is 1. The predicted octanol–water partition coefficient (Wildman–Crippen LogP) is 1.65. The third-order valence-corrected chi connectivity index (χ3v) is 3.96. The van der Waals surface area contributed by atoms with Crippen LogP contribution in [0.25, 0.3) is 0 Å². The van der Waals surface area contributed by atoms with Crippen LogP contribution in [0.1, 0.15) is 39.0 Å². The summed E-state index contributed by atoms with van der Waals surface area (Å²) in [7, 11) is 3.73. The summed E-state index contributed by atoms with van der Waals surface area (Å²) >= 11 is 0.